The van der Waals surface area contributed by atoms with Crippen LogP contribution in [0.5, 0.6) is 0 Å². The van der Waals surface area contributed by atoms with Gasteiger partial charge in [-0.2, -0.15) is 5.10 Å². The van der Waals surface area contributed by atoms with Gasteiger partial charge in [-0.1, -0.05) is 43.7 Å². The molecule has 0 fully saturated rings. The Morgan fingerprint density at radius 3 is 2.57 bits per heavy atom. The maximum Gasteiger partial charge on any atom is 0.359 e. The highest BCUT2D eigenvalue weighted by Crippen LogP contribution is 2.15. The number of Topliss-reactive ketones (excluding diaryl/α,β-unsaturated/α-hetero) is 1. The van der Waals surface area contributed by atoms with E-state index in [-0.39, 0.29) is 16.8 Å². The molecule has 0 amide bonds. The van der Waals surface area contributed by atoms with E-state index in [9.17, 15) is 18.8 Å². The minimum absolute atomic E-state index is 0.0293. The standard InChI is InChI=1S/C21H19FN2O4/c1-2-3-11-24-20(26)17-10-5-4-9-16(17)19(23-24)21(27)28-13-18(25)14-7-6-8-15(22)12-14/h4-10,12H,2-3,11,13H2,1H3. The van der Waals surface area contributed by atoms with Gasteiger partial charge in [0.1, 0.15) is 5.82 Å². The number of fused-ring (bicyclic) bond motifs is 1. The number of hydrogen-bond donors (Lipinski definition) is 0. The number of carbonyl (C=O) groups excluding carboxylic acids is 2. The molecule has 0 aliphatic carbocycles. The van der Waals surface area contributed by atoms with Crippen molar-refractivity contribution in [2.45, 2.75) is 26.3 Å². The number of nitrogens with zero attached hydrogens (tertiary/aromatic N) is 2. The van der Waals surface area contributed by atoms with Gasteiger partial charge in [0.25, 0.3) is 5.56 Å². The zero-order valence-electron chi connectivity index (χ0n) is 15.4. The Kier molecular flexibility index (Phi) is 5.93. The van der Waals surface area contributed by atoms with Gasteiger partial charge in [-0.15, -0.1) is 0 Å². The molecule has 0 aliphatic rings. The Morgan fingerprint density at radius 1 is 1.11 bits per heavy atom. The fourth-order valence-corrected chi connectivity index (χ4v) is 2.79. The van der Waals surface area contributed by atoms with Crippen molar-refractivity contribution in [1.29, 1.82) is 0 Å². The zero-order valence-corrected chi connectivity index (χ0v) is 15.4. The van der Waals surface area contributed by atoms with Crippen LogP contribution in [0.1, 0.15) is 40.6 Å². The molecular weight excluding hydrogens is 363 g/mol. The van der Waals surface area contributed by atoms with Crippen molar-refractivity contribution in [2.75, 3.05) is 6.61 Å². The van der Waals surface area contributed by atoms with Gasteiger partial charge < -0.3 is 4.74 Å². The highest BCUT2D eigenvalue weighted by Gasteiger charge is 2.19. The van der Waals surface area contributed by atoms with Crippen LogP contribution in [0, 0.1) is 5.82 Å². The first-order valence-electron chi connectivity index (χ1n) is 8.97. The van der Waals surface area contributed by atoms with Crippen LogP contribution in [0.3, 0.4) is 0 Å². The Balaban J connectivity index is 1.87. The van der Waals surface area contributed by atoms with Crippen LogP contribution < -0.4 is 5.56 Å². The monoisotopic (exact) mass is 382 g/mol. The number of esters is 1. The molecule has 6 nitrogen and oxygen atoms in total. The Bertz CT molecular complexity index is 1090. The number of aryl methyl sites for hydroxylation is 1. The van der Waals surface area contributed by atoms with E-state index in [4.69, 9.17) is 4.74 Å². The normalized spacial score (nSPS) is 10.8. The first-order valence-corrected chi connectivity index (χ1v) is 8.97. The van der Waals surface area contributed by atoms with Crippen LogP contribution >= 0.6 is 0 Å². The van der Waals surface area contributed by atoms with Gasteiger partial charge in [0.2, 0.25) is 0 Å². The molecule has 0 N–H and O–H groups in total. The summed E-state index contributed by atoms with van der Waals surface area (Å²) in [6.45, 7) is 1.81. The molecule has 28 heavy (non-hydrogen) atoms. The van der Waals surface area contributed by atoms with Crippen LogP contribution in [-0.2, 0) is 11.3 Å². The van der Waals surface area contributed by atoms with E-state index in [0.29, 0.717) is 17.3 Å². The molecule has 2 aromatic carbocycles. The molecule has 0 aliphatic heterocycles. The summed E-state index contributed by atoms with van der Waals surface area (Å²) in [6, 6.07) is 11.8. The van der Waals surface area contributed by atoms with E-state index in [1.165, 1.54) is 22.9 Å². The molecule has 3 rings (SSSR count). The molecule has 144 valence electrons. The van der Waals surface area contributed by atoms with Crippen LogP contribution in [0.4, 0.5) is 4.39 Å². The van der Waals surface area contributed by atoms with E-state index >= 15 is 0 Å². The number of rotatable bonds is 7. The lowest BCUT2D eigenvalue weighted by atomic mass is 10.1. The number of benzene rings is 2. The summed E-state index contributed by atoms with van der Waals surface area (Å²) < 4.78 is 19.6. The highest BCUT2D eigenvalue weighted by molar-refractivity contribution is 6.04. The Labute approximate surface area is 160 Å². The number of aromatic nitrogens is 2. The summed E-state index contributed by atoms with van der Waals surface area (Å²) in [5, 5.41) is 4.88. The molecule has 1 aromatic heterocycles. The van der Waals surface area contributed by atoms with E-state index in [2.05, 4.69) is 5.10 Å². The average molecular weight is 382 g/mol. The lowest BCUT2D eigenvalue weighted by Gasteiger charge is -2.10. The van der Waals surface area contributed by atoms with Crippen LogP contribution in [0.2, 0.25) is 0 Å². The predicted molar refractivity (Wildman–Crippen MR) is 102 cm³/mol. The van der Waals surface area contributed by atoms with Crippen molar-refractivity contribution < 1.29 is 18.7 Å². The first-order chi connectivity index (χ1) is 13.5. The van der Waals surface area contributed by atoms with Crippen molar-refractivity contribution in [1.82, 2.24) is 9.78 Å². The van der Waals surface area contributed by atoms with Gasteiger partial charge in [-0.3, -0.25) is 9.59 Å². The summed E-state index contributed by atoms with van der Waals surface area (Å²) in [5.41, 5.74) is -0.201. The van der Waals surface area contributed by atoms with Gasteiger partial charge in [-0.25, -0.2) is 13.9 Å². The van der Waals surface area contributed by atoms with Gasteiger partial charge in [0.05, 0.1) is 5.39 Å². The molecule has 0 saturated carbocycles. The molecule has 0 saturated heterocycles. The fourth-order valence-electron chi connectivity index (χ4n) is 2.79. The van der Waals surface area contributed by atoms with E-state index in [1.807, 2.05) is 6.92 Å². The summed E-state index contributed by atoms with van der Waals surface area (Å²) in [7, 11) is 0. The van der Waals surface area contributed by atoms with Gasteiger partial charge in [0, 0.05) is 17.5 Å². The van der Waals surface area contributed by atoms with E-state index in [1.54, 1.807) is 24.3 Å². The van der Waals surface area contributed by atoms with Crippen LogP contribution in [0.15, 0.2) is 53.3 Å². The van der Waals surface area contributed by atoms with E-state index < -0.39 is 24.2 Å². The third-order valence-corrected chi connectivity index (χ3v) is 4.27. The van der Waals surface area contributed by atoms with Crippen LogP contribution in [0.25, 0.3) is 10.8 Å². The minimum Gasteiger partial charge on any atom is -0.452 e. The second-order valence-corrected chi connectivity index (χ2v) is 6.29. The zero-order chi connectivity index (χ0) is 20.1. The fraction of sp³-hybridized carbons (Fsp3) is 0.238. The number of hydrogen-bond acceptors (Lipinski definition) is 5. The van der Waals surface area contributed by atoms with Crippen molar-refractivity contribution in [3.8, 4) is 0 Å². The molecule has 0 bridgehead atoms. The minimum atomic E-state index is -0.814. The smallest absolute Gasteiger partial charge is 0.359 e. The molecule has 1 heterocycles. The van der Waals surface area contributed by atoms with Crippen LogP contribution in [-0.4, -0.2) is 28.1 Å². The van der Waals surface area contributed by atoms with Crippen molar-refractivity contribution in [3.05, 3.63) is 76.0 Å². The molecule has 0 unspecified atom stereocenters. The molecule has 0 radical (unpaired) electrons. The number of ether oxygens (including phenoxy) is 1. The first kappa shape index (κ1) is 19.4. The second-order valence-electron chi connectivity index (χ2n) is 6.29. The number of unbranched alkanes of at least 4 members (excludes halogenated alkanes) is 1. The summed E-state index contributed by atoms with van der Waals surface area (Å²) >= 11 is 0. The third kappa shape index (κ3) is 4.14. The van der Waals surface area contributed by atoms with E-state index in [0.717, 1.165) is 18.9 Å². The maximum atomic E-state index is 13.2. The SMILES string of the molecule is CCCCn1nc(C(=O)OCC(=O)c2cccc(F)c2)c2ccccc2c1=O. The molecule has 0 spiro atoms. The number of halogens is 1. The Hall–Kier alpha value is -3.35. The average Bonchev–Trinajstić information content (AvgIpc) is 2.71. The number of carbonyl (C=O) groups is 2. The molecule has 0 atom stereocenters. The predicted octanol–water partition coefficient (Wildman–Crippen LogP) is 3.38. The molecular formula is C21H19FN2O4. The van der Waals surface area contributed by atoms with Crippen molar-refractivity contribution >= 4 is 22.5 Å². The lowest BCUT2D eigenvalue weighted by Crippen LogP contribution is -2.27. The second kappa shape index (κ2) is 8.56. The van der Waals surface area contributed by atoms with Crippen molar-refractivity contribution in [3.63, 3.8) is 0 Å². The Morgan fingerprint density at radius 2 is 1.86 bits per heavy atom. The van der Waals surface area contributed by atoms with Gasteiger partial charge in [0.15, 0.2) is 18.1 Å². The van der Waals surface area contributed by atoms with Gasteiger partial charge in [-0.05, 0) is 24.6 Å². The maximum absolute atomic E-state index is 13.2. The quantitative estimate of drug-likeness (QED) is 0.462. The summed E-state index contributed by atoms with van der Waals surface area (Å²) in [4.78, 5) is 37.3. The number of ketones is 1. The summed E-state index contributed by atoms with van der Waals surface area (Å²) in [5.74, 6) is -1.89. The van der Waals surface area contributed by atoms with Gasteiger partial charge >= 0.3 is 5.97 Å². The topological polar surface area (TPSA) is 78.3 Å². The molecule has 7 heteroatoms. The third-order valence-electron chi connectivity index (χ3n) is 4.27. The lowest BCUT2D eigenvalue weighted by molar-refractivity contribution is 0.0468. The van der Waals surface area contributed by atoms with Crippen molar-refractivity contribution in [2.24, 2.45) is 0 Å². The largest absolute Gasteiger partial charge is 0.452 e. The molecule has 3 aromatic rings. The highest BCUT2D eigenvalue weighted by atomic mass is 19.1. The summed E-state index contributed by atoms with van der Waals surface area (Å²) in [6.07, 6.45) is 1.60.